The molecule has 17 heavy (non-hydrogen) atoms. The lowest BCUT2D eigenvalue weighted by Crippen LogP contribution is -1.96. The summed E-state index contributed by atoms with van der Waals surface area (Å²) in [6.07, 6.45) is 0. The highest BCUT2D eigenvalue weighted by Gasteiger charge is 2.14. The molecule has 0 amide bonds. The van der Waals surface area contributed by atoms with Gasteiger partial charge in [0.1, 0.15) is 11.0 Å². The largest absolute Gasteiger partial charge is 0.234 e. The first-order valence-electron chi connectivity index (χ1n) is 5.02. The maximum absolute atomic E-state index is 14.0. The minimum Gasteiger partial charge on any atom is -0.234 e. The number of alkyl halides is 1. The molecule has 0 fully saturated rings. The molecule has 2 nitrogen and oxygen atoms in total. The second-order valence-electron chi connectivity index (χ2n) is 3.41. The summed E-state index contributed by atoms with van der Waals surface area (Å²) < 4.78 is 14.0. The molecule has 88 valence electrons. The Morgan fingerprint density at radius 1 is 1.24 bits per heavy atom. The van der Waals surface area contributed by atoms with Crippen LogP contribution in [0, 0.1) is 6.92 Å². The van der Waals surface area contributed by atoms with Gasteiger partial charge in [0.25, 0.3) is 0 Å². The van der Waals surface area contributed by atoms with Crippen LogP contribution in [0.15, 0.2) is 41.3 Å². The Balaban J connectivity index is 2.17. The van der Waals surface area contributed by atoms with Gasteiger partial charge in [0.2, 0.25) is 0 Å². The van der Waals surface area contributed by atoms with Gasteiger partial charge in [-0.05, 0) is 19.1 Å². The Morgan fingerprint density at radius 3 is 2.59 bits per heavy atom. The zero-order valence-corrected chi connectivity index (χ0v) is 10.7. The molecule has 1 unspecified atom stereocenters. The number of aromatic nitrogens is 2. The monoisotopic (exact) mass is 268 g/mol. The SMILES string of the molecule is Cc1nc(Cl)cc(C(F)Sc2ccccc2)n1. The molecule has 0 radical (unpaired) electrons. The molecule has 0 saturated carbocycles. The van der Waals surface area contributed by atoms with E-state index in [-0.39, 0.29) is 5.15 Å². The van der Waals surface area contributed by atoms with Gasteiger partial charge >= 0.3 is 0 Å². The average molecular weight is 269 g/mol. The summed E-state index contributed by atoms with van der Waals surface area (Å²) in [5.41, 5.74) is -0.937. The second kappa shape index (κ2) is 5.47. The minimum atomic E-state index is -1.24. The molecule has 0 bridgehead atoms. The summed E-state index contributed by atoms with van der Waals surface area (Å²) in [6.45, 7) is 1.69. The van der Waals surface area contributed by atoms with Gasteiger partial charge in [0.05, 0.1) is 5.69 Å². The smallest absolute Gasteiger partial charge is 0.192 e. The van der Waals surface area contributed by atoms with Crippen LogP contribution in [-0.2, 0) is 0 Å². The molecule has 0 aliphatic rings. The Hall–Kier alpha value is -1.13. The summed E-state index contributed by atoms with van der Waals surface area (Å²) in [5, 5.41) is 0.267. The van der Waals surface area contributed by atoms with Crippen LogP contribution < -0.4 is 0 Å². The van der Waals surface area contributed by atoms with Crippen molar-refractivity contribution in [1.29, 1.82) is 0 Å². The van der Waals surface area contributed by atoms with E-state index >= 15 is 0 Å². The molecule has 0 N–H and O–H groups in total. The summed E-state index contributed by atoms with van der Waals surface area (Å²) in [4.78, 5) is 8.79. The maximum Gasteiger partial charge on any atom is 0.192 e. The van der Waals surface area contributed by atoms with Crippen molar-refractivity contribution in [3.8, 4) is 0 Å². The average Bonchev–Trinajstić information content (AvgIpc) is 2.29. The third kappa shape index (κ3) is 3.41. The highest BCUT2D eigenvalue weighted by molar-refractivity contribution is 7.99. The molecular formula is C12H10ClFN2S. The lowest BCUT2D eigenvalue weighted by Gasteiger charge is -2.08. The lowest BCUT2D eigenvalue weighted by atomic mass is 10.4. The first-order chi connectivity index (χ1) is 8.15. The molecule has 1 aromatic carbocycles. The van der Waals surface area contributed by atoms with Crippen LogP contribution in [-0.4, -0.2) is 9.97 Å². The number of aryl methyl sites for hydroxylation is 1. The highest BCUT2D eigenvalue weighted by atomic mass is 35.5. The van der Waals surface area contributed by atoms with Crippen LogP contribution in [0.5, 0.6) is 0 Å². The molecule has 1 heterocycles. The standard InChI is InChI=1S/C12H10ClFN2S/c1-8-15-10(7-11(13)16-8)12(14)17-9-5-3-2-4-6-9/h2-7,12H,1H3. The van der Waals surface area contributed by atoms with Crippen molar-refractivity contribution in [3.05, 3.63) is 53.1 Å². The first kappa shape index (κ1) is 12.3. The van der Waals surface area contributed by atoms with Gasteiger partial charge in [-0.2, -0.15) is 0 Å². The normalized spacial score (nSPS) is 12.4. The zero-order valence-electron chi connectivity index (χ0n) is 9.10. The molecule has 0 spiro atoms. The third-order valence-electron chi connectivity index (χ3n) is 2.04. The van der Waals surface area contributed by atoms with Crippen molar-refractivity contribution in [2.75, 3.05) is 0 Å². The molecule has 1 atom stereocenters. The molecule has 2 aromatic rings. The van der Waals surface area contributed by atoms with Crippen molar-refractivity contribution in [2.24, 2.45) is 0 Å². The van der Waals surface area contributed by atoms with E-state index in [1.165, 1.54) is 6.07 Å². The van der Waals surface area contributed by atoms with E-state index in [2.05, 4.69) is 9.97 Å². The van der Waals surface area contributed by atoms with Crippen LogP contribution in [0.3, 0.4) is 0 Å². The van der Waals surface area contributed by atoms with Gasteiger partial charge < -0.3 is 0 Å². The van der Waals surface area contributed by atoms with Gasteiger partial charge in [-0.15, -0.1) is 0 Å². The van der Waals surface area contributed by atoms with Crippen LogP contribution in [0.2, 0.25) is 5.15 Å². The van der Waals surface area contributed by atoms with Crippen molar-refractivity contribution in [1.82, 2.24) is 9.97 Å². The Morgan fingerprint density at radius 2 is 1.94 bits per heavy atom. The van der Waals surface area contributed by atoms with Crippen molar-refractivity contribution in [2.45, 2.75) is 17.3 Å². The number of hydrogen-bond donors (Lipinski definition) is 0. The fourth-order valence-electron chi connectivity index (χ4n) is 1.35. The Bertz CT molecular complexity index is 487. The van der Waals surface area contributed by atoms with E-state index in [4.69, 9.17) is 11.6 Å². The van der Waals surface area contributed by atoms with E-state index in [9.17, 15) is 4.39 Å². The van der Waals surface area contributed by atoms with Crippen LogP contribution in [0.1, 0.15) is 17.0 Å². The number of hydrogen-bond acceptors (Lipinski definition) is 3. The summed E-state index contributed by atoms with van der Waals surface area (Å²) >= 11 is 6.87. The Kier molecular flexibility index (Phi) is 3.97. The van der Waals surface area contributed by atoms with Crippen molar-refractivity contribution in [3.63, 3.8) is 0 Å². The quantitative estimate of drug-likeness (QED) is 0.616. The molecule has 0 aliphatic carbocycles. The highest BCUT2D eigenvalue weighted by Crippen LogP contribution is 2.35. The number of nitrogens with zero attached hydrogens (tertiary/aromatic N) is 2. The fraction of sp³-hybridized carbons (Fsp3) is 0.167. The number of rotatable bonds is 3. The van der Waals surface area contributed by atoms with E-state index in [0.717, 1.165) is 16.7 Å². The minimum absolute atomic E-state index is 0.267. The molecular weight excluding hydrogens is 259 g/mol. The first-order valence-corrected chi connectivity index (χ1v) is 6.28. The molecule has 0 saturated heterocycles. The number of halogens is 2. The Labute approximate surface area is 108 Å². The van der Waals surface area contributed by atoms with Crippen molar-refractivity contribution >= 4 is 23.4 Å². The molecule has 2 rings (SSSR count). The predicted octanol–water partition coefficient (Wildman–Crippen LogP) is 4.20. The van der Waals surface area contributed by atoms with Gasteiger partial charge in [0.15, 0.2) is 5.50 Å². The summed E-state index contributed by atoms with van der Waals surface area (Å²) in [6, 6.07) is 10.8. The zero-order chi connectivity index (χ0) is 12.3. The number of thioether (sulfide) groups is 1. The van der Waals surface area contributed by atoms with Gasteiger partial charge in [-0.25, -0.2) is 14.4 Å². The summed E-state index contributed by atoms with van der Waals surface area (Å²) in [7, 11) is 0. The molecule has 1 aromatic heterocycles. The summed E-state index contributed by atoms with van der Waals surface area (Å²) in [5.74, 6) is 0.476. The lowest BCUT2D eigenvalue weighted by molar-refractivity contribution is 0.459. The van der Waals surface area contributed by atoms with Gasteiger partial charge in [0, 0.05) is 11.0 Å². The van der Waals surface area contributed by atoms with E-state index in [0.29, 0.717) is 11.5 Å². The maximum atomic E-state index is 14.0. The van der Waals surface area contributed by atoms with E-state index < -0.39 is 5.50 Å². The van der Waals surface area contributed by atoms with Crippen LogP contribution >= 0.6 is 23.4 Å². The van der Waals surface area contributed by atoms with Crippen molar-refractivity contribution < 1.29 is 4.39 Å². The third-order valence-corrected chi connectivity index (χ3v) is 3.23. The van der Waals surface area contributed by atoms with Crippen LogP contribution in [0.4, 0.5) is 4.39 Å². The molecule has 0 aliphatic heterocycles. The topological polar surface area (TPSA) is 25.8 Å². The predicted molar refractivity (Wildman–Crippen MR) is 67.9 cm³/mol. The van der Waals surface area contributed by atoms with E-state index in [1.807, 2.05) is 30.3 Å². The van der Waals surface area contributed by atoms with Gasteiger partial charge in [-0.1, -0.05) is 41.6 Å². The number of benzene rings is 1. The van der Waals surface area contributed by atoms with E-state index in [1.54, 1.807) is 6.92 Å². The second-order valence-corrected chi connectivity index (χ2v) is 4.92. The van der Waals surface area contributed by atoms with Crippen LogP contribution in [0.25, 0.3) is 0 Å². The fourth-order valence-corrected chi connectivity index (χ4v) is 2.38. The molecule has 5 heteroatoms. The van der Waals surface area contributed by atoms with Gasteiger partial charge in [-0.3, -0.25) is 0 Å².